The van der Waals surface area contributed by atoms with Gasteiger partial charge in [-0.2, -0.15) is 0 Å². The summed E-state index contributed by atoms with van der Waals surface area (Å²) in [6, 6.07) is 16.8. The fourth-order valence-electron chi connectivity index (χ4n) is 3.67. The molecule has 0 unspecified atom stereocenters. The van der Waals surface area contributed by atoms with E-state index in [-0.39, 0.29) is 0 Å². The topological polar surface area (TPSA) is 37.0 Å². The molecule has 0 bridgehead atoms. The predicted octanol–water partition coefficient (Wildman–Crippen LogP) is 4.74. The third-order valence-electron chi connectivity index (χ3n) is 5.65. The van der Waals surface area contributed by atoms with Gasteiger partial charge in [-0.1, -0.05) is 38.1 Å². The Morgan fingerprint density at radius 2 is 1.77 bits per heavy atom. The summed E-state index contributed by atoms with van der Waals surface area (Å²) >= 11 is 5.80. The Kier molecular flexibility index (Phi) is 9.13. The highest BCUT2D eigenvalue weighted by atomic mass is 32.1. The molecule has 1 heterocycles. The number of hydrogen-bond acceptors (Lipinski definition) is 4. The fourth-order valence-corrected chi connectivity index (χ4v) is 3.94. The van der Waals surface area contributed by atoms with Gasteiger partial charge in [0.2, 0.25) is 0 Å². The quantitative estimate of drug-likeness (QED) is 0.567. The molecule has 1 aliphatic heterocycles. The Hall–Kier alpha value is -2.15. The Morgan fingerprint density at radius 1 is 1.10 bits per heavy atom. The van der Waals surface area contributed by atoms with Crippen LogP contribution in [0.25, 0.3) is 0 Å². The molecule has 1 N–H and O–H groups in total. The summed E-state index contributed by atoms with van der Waals surface area (Å²) in [5.41, 5.74) is 3.61. The number of ether oxygens (including phenoxy) is 2. The molecule has 6 heteroatoms. The van der Waals surface area contributed by atoms with Gasteiger partial charge < -0.3 is 19.7 Å². The van der Waals surface area contributed by atoms with Crippen LogP contribution < -0.4 is 10.1 Å². The minimum atomic E-state index is 0.538. The molecule has 3 rings (SSSR count). The number of methoxy groups -OCH3 is 1. The molecule has 1 saturated heterocycles. The number of morpholine rings is 1. The van der Waals surface area contributed by atoms with Crippen molar-refractivity contribution in [3.63, 3.8) is 0 Å². The molecule has 0 spiro atoms. The summed E-state index contributed by atoms with van der Waals surface area (Å²) in [5.74, 6) is 1.38. The molecule has 5 nitrogen and oxygen atoms in total. The van der Waals surface area contributed by atoms with Crippen molar-refractivity contribution in [2.24, 2.45) is 0 Å². The lowest BCUT2D eigenvalue weighted by molar-refractivity contribution is 0.0368. The smallest absolute Gasteiger partial charge is 0.173 e. The van der Waals surface area contributed by atoms with Crippen LogP contribution in [0.1, 0.15) is 37.3 Å². The van der Waals surface area contributed by atoms with Crippen LogP contribution in [0.2, 0.25) is 0 Å². The molecule has 168 valence electrons. The Labute approximate surface area is 192 Å². The summed E-state index contributed by atoms with van der Waals surface area (Å²) in [6.07, 6.45) is 1.06. The van der Waals surface area contributed by atoms with Crippen LogP contribution in [0, 0.1) is 0 Å². The van der Waals surface area contributed by atoms with Crippen LogP contribution in [-0.4, -0.2) is 61.4 Å². The van der Waals surface area contributed by atoms with Crippen molar-refractivity contribution in [1.82, 2.24) is 9.80 Å². The molecular formula is C25H35N3O2S. The Morgan fingerprint density at radius 3 is 2.39 bits per heavy atom. The lowest BCUT2D eigenvalue weighted by Crippen LogP contribution is -2.40. The number of thiocarbonyl (C=S) groups is 1. The summed E-state index contributed by atoms with van der Waals surface area (Å²) in [7, 11) is 1.67. The van der Waals surface area contributed by atoms with Crippen LogP contribution in [-0.2, 0) is 11.3 Å². The van der Waals surface area contributed by atoms with Gasteiger partial charge in [0, 0.05) is 38.4 Å². The van der Waals surface area contributed by atoms with E-state index in [0.717, 1.165) is 68.9 Å². The maximum absolute atomic E-state index is 5.80. The molecule has 2 aromatic rings. The molecule has 0 atom stereocenters. The number of rotatable bonds is 9. The average Bonchev–Trinajstić information content (AvgIpc) is 2.80. The number of benzene rings is 2. The zero-order chi connectivity index (χ0) is 22.1. The maximum Gasteiger partial charge on any atom is 0.173 e. The first-order valence-electron chi connectivity index (χ1n) is 11.1. The normalized spacial score (nSPS) is 14.5. The van der Waals surface area contributed by atoms with Crippen molar-refractivity contribution >= 4 is 23.0 Å². The van der Waals surface area contributed by atoms with Gasteiger partial charge in [0.25, 0.3) is 0 Å². The summed E-state index contributed by atoms with van der Waals surface area (Å²) in [4.78, 5) is 4.74. The molecule has 0 aromatic heterocycles. The van der Waals surface area contributed by atoms with Crippen LogP contribution in [0.15, 0.2) is 48.5 Å². The van der Waals surface area contributed by atoms with Gasteiger partial charge in [-0.25, -0.2) is 0 Å². The van der Waals surface area contributed by atoms with E-state index in [1.54, 1.807) is 7.11 Å². The number of hydrogen-bond donors (Lipinski definition) is 1. The van der Waals surface area contributed by atoms with E-state index in [4.69, 9.17) is 21.7 Å². The van der Waals surface area contributed by atoms with Crippen LogP contribution in [0.3, 0.4) is 0 Å². The number of nitrogens with zero attached hydrogens (tertiary/aromatic N) is 2. The van der Waals surface area contributed by atoms with E-state index in [1.165, 1.54) is 11.1 Å². The summed E-state index contributed by atoms with van der Waals surface area (Å²) < 4.78 is 10.7. The fraction of sp³-hybridized carbons (Fsp3) is 0.480. The molecule has 2 aromatic carbocycles. The third kappa shape index (κ3) is 7.49. The monoisotopic (exact) mass is 441 g/mol. The second kappa shape index (κ2) is 12.0. The van der Waals surface area contributed by atoms with Crippen molar-refractivity contribution < 1.29 is 9.47 Å². The van der Waals surface area contributed by atoms with Crippen molar-refractivity contribution in [3.05, 3.63) is 59.7 Å². The van der Waals surface area contributed by atoms with Gasteiger partial charge in [0.15, 0.2) is 5.11 Å². The Bertz CT molecular complexity index is 803. The SMILES string of the molecule is COc1ccc(NC(=S)N(CCCN2CCOCC2)Cc2ccc(C(C)C)cc2)cc1. The van der Waals surface area contributed by atoms with Gasteiger partial charge in [-0.3, -0.25) is 4.90 Å². The number of anilines is 1. The van der Waals surface area contributed by atoms with Gasteiger partial charge in [0.05, 0.1) is 20.3 Å². The van der Waals surface area contributed by atoms with Crippen molar-refractivity contribution in [2.45, 2.75) is 32.7 Å². The predicted molar refractivity (Wildman–Crippen MR) is 132 cm³/mol. The largest absolute Gasteiger partial charge is 0.497 e. The zero-order valence-corrected chi connectivity index (χ0v) is 19.8. The maximum atomic E-state index is 5.80. The van der Waals surface area contributed by atoms with E-state index in [1.807, 2.05) is 24.3 Å². The molecule has 1 aliphatic rings. The summed E-state index contributed by atoms with van der Waals surface area (Å²) in [6.45, 7) is 10.9. The first-order valence-corrected chi connectivity index (χ1v) is 11.5. The lowest BCUT2D eigenvalue weighted by atomic mass is 10.0. The summed E-state index contributed by atoms with van der Waals surface area (Å²) in [5, 5.41) is 4.15. The average molecular weight is 442 g/mol. The van der Waals surface area contributed by atoms with E-state index < -0.39 is 0 Å². The highest BCUT2D eigenvalue weighted by molar-refractivity contribution is 7.80. The standard InChI is InChI=1S/C25H35N3O2S/c1-20(2)22-7-5-21(6-8-22)19-28(14-4-13-27-15-17-30-18-16-27)25(31)26-23-9-11-24(29-3)12-10-23/h5-12,20H,4,13-19H2,1-3H3,(H,26,31). The molecule has 1 fully saturated rings. The van der Waals surface area contributed by atoms with Gasteiger partial charge in [0.1, 0.15) is 5.75 Å². The highest BCUT2D eigenvalue weighted by Gasteiger charge is 2.14. The molecular weight excluding hydrogens is 406 g/mol. The van der Waals surface area contributed by atoms with Gasteiger partial charge in [-0.15, -0.1) is 0 Å². The second-order valence-electron chi connectivity index (χ2n) is 8.28. The highest BCUT2D eigenvalue weighted by Crippen LogP contribution is 2.18. The minimum absolute atomic E-state index is 0.538. The Balaban J connectivity index is 1.63. The van der Waals surface area contributed by atoms with Crippen LogP contribution in [0.5, 0.6) is 5.75 Å². The van der Waals surface area contributed by atoms with E-state index in [0.29, 0.717) is 5.92 Å². The lowest BCUT2D eigenvalue weighted by Gasteiger charge is -2.30. The first kappa shape index (κ1) is 23.5. The van der Waals surface area contributed by atoms with Crippen LogP contribution in [0.4, 0.5) is 5.69 Å². The van der Waals surface area contributed by atoms with E-state index in [2.05, 4.69) is 53.2 Å². The van der Waals surface area contributed by atoms with E-state index >= 15 is 0 Å². The van der Waals surface area contributed by atoms with E-state index in [9.17, 15) is 0 Å². The molecule has 0 amide bonds. The second-order valence-corrected chi connectivity index (χ2v) is 8.67. The molecule has 0 aliphatic carbocycles. The number of nitrogens with one attached hydrogen (secondary N) is 1. The van der Waals surface area contributed by atoms with Crippen molar-refractivity contribution in [3.8, 4) is 5.75 Å². The minimum Gasteiger partial charge on any atom is -0.497 e. The third-order valence-corrected chi connectivity index (χ3v) is 6.01. The van der Waals surface area contributed by atoms with Gasteiger partial charge in [-0.05, 0) is 59.9 Å². The van der Waals surface area contributed by atoms with Crippen molar-refractivity contribution in [2.75, 3.05) is 51.8 Å². The van der Waals surface area contributed by atoms with Crippen molar-refractivity contribution in [1.29, 1.82) is 0 Å². The van der Waals surface area contributed by atoms with Crippen LogP contribution >= 0.6 is 12.2 Å². The zero-order valence-electron chi connectivity index (χ0n) is 19.0. The first-order chi connectivity index (χ1) is 15.0. The molecule has 0 saturated carbocycles. The molecule has 0 radical (unpaired) electrons. The van der Waals surface area contributed by atoms with Gasteiger partial charge >= 0.3 is 0 Å². The molecule has 31 heavy (non-hydrogen) atoms.